The molecule has 1 aliphatic carbocycles. The maximum atomic E-state index is 8.72. The minimum absolute atomic E-state index is 0.812. The Hall–Kier alpha value is -1.29. The average Bonchev–Trinajstić information content (AvgIpc) is 2.50. The normalized spacial score (nSPS) is 14.1. The Kier molecular flexibility index (Phi) is 1.40. The van der Waals surface area contributed by atoms with E-state index in [1.165, 1.54) is 5.56 Å². The molecule has 2 rings (SSSR count). The highest BCUT2D eigenvalue weighted by Crippen LogP contribution is 2.25. The first-order valence-corrected chi connectivity index (χ1v) is 3.67. The molecule has 11 heavy (non-hydrogen) atoms. The van der Waals surface area contributed by atoms with Crippen LogP contribution in [-0.4, -0.2) is 0 Å². The Balaban J connectivity index is 2.61. The van der Waals surface area contributed by atoms with Crippen molar-refractivity contribution >= 4 is 0 Å². The minimum atomic E-state index is 0.812. The summed E-state index contributed by atoms with van der Waals surface area (Å²) in [6.07, 6.45) is 5.18. The topological polar surface area (TPSA) is 23.8 Å². The second kappa shape index (κ2) is 2.39. The second-order valence-corrected chi connectivity index (χ2v) is 2.62. The number of benzene rings is 1. The van der Waals surface area contributed by atoms with E-state index in [1.807, 2.05) is 18.2 Å². The van der Waals surface area contributed by atoms with Gasteiger partial charge in [0, 0.05) is 6.42 Å². The third-order valence-electron chi connectivity index (χ3n) is 1.99. The van der Waals surface area contributed by atoms with Gasteiger partial charge in [-0.1, -0.05) is 12.1 Å². The molecule has 0 aromatic heterocycles. The van der Waals surface area contributed by atoms with Crippen LogP contribution in [0.5, 0.6) is 0 Å². The molecule has 2 radical (unpaired) electrons. The molecule has 1 aromatic rings. The fourth-order valence-electron chi connectivity index (χ4n) is 1.45. The highest BCUT2D eigenvalue weighted by Gasteiger charge is 2.13. The fourth-order valence-corrected chi connectivity index (χ4v) is 1.45. The summed E-state index contributed by atoms with van der Waals surface area (Å²) in [5.41, 5.74) is 3.12. The Morgan fingerprint density at radius 2 is 2.36 bits per heavy atom. The Morgan fingerprint density at radius 3 is 3.18 bits per heavy atom. The van der Waals surface area contributed by atoms with E-state index in [2.05, 4.69) is 12.5 Å². The molecule has 0 spiro atoms. The molecular weight excluding hydrogens is 134 g/mol. The second-order valence-electron chi connectivity index (χ2n) is 2.62. The van der Waals surface area contributed by atoms with Gasteiger partial charge in [-0.25, -0.2) is 0 Å². The molecule has 0 fully saturated rings. The minimum Gasteiger partial charge on any atom is -0.192 e. The number of nitrogens with zero attached hydrogens (tertiary/aromatic N) is 1. The van der Waals surface area contributed by atoms with Crippen molar-refractivity contribution < 1.29 is 0 Å². The van der Waals surface area contributed by atoms with E-state index in [1.54, 1.807) is 0 Å². The first-order valence-electron chi connectivity index (χ1n) is 3.67. The summed E-state index contributed by atoms with van der Waals surface area (Å²) < 4.78 is 0. The maximum Gasteiger partial charge on any atom is 0.0994 e. The van der Waals surface area contributed by atoms with Gasteiger partial charge < -0.3 is 0 Å². The standard InChI is InChI=1S/C10H7N/c11-7-9-5-1-3-8-4-2-6-10(8)9/h1,3,5H,2,6H2. The molecule has 1 aromatic carbocycles. The van der Waals surface area contributed by atoms with Gasteiger partial charge in [-0.05, 0) is 30.0 Å². The number of fused-ring (bicyclic) bond motifs is 1. The van der Waals surface area contributed by atoms with E-state index in [0.29, 0.717) is 0 Å². The van der Waals surface area contributed by atoms with Crippen LogP contribution in [0.3, 0.4) is 0 Å². The Bertz CT molecular complexity index is 320. The van der Waals surface area contributed by atoms with Crippen LogP contribution < -0.4 is 0 Å². The highest BCUT2D eigenvalue weighted by molar-refractivity contribution is 5.48. The summed E-state index contributed by atoms with van der Waals surface area (Å²) in [5, 5.41) is 8.72. The average molecular weight is 141 g/mol. The quantitative estimate of drug-likeness (QED) is 0.541. The van der Waals surface area contributed by atoms with Crippen molar-refractivity contribution in [2.45, 2.75) is 12.8 Å². The molecule has 0 N–H and O–H groups in total. The molecule has 0 bridgehead atoms. The van der Waals surface area contributed by atoms with Gasteiger partial charge in [0.25, 0.3) is 0 Å². The van der Waals surface area contributed by atoms with Crippen molar-refractivity contribution in [2.75, 3.05) is 0 Å². The zero-order valence-corrected chi connectivity index (χ0v) is 6.09. The van der Waals surface area contributed by atoms with E-state index < -0.39 is 0 Å². The van der Waals surface area contributed by atoms with Crippen LogP contribution in [0.2, 0.25) is 0 Å². The molecule has 0 atom stereocenters. The number of hydrogen-bond acceptors (Lipinski definition) is 1. The lowest BCUT2D eigenvalue weighted by atomic mass is 10.0. The lowest BCUT2D eigenvalue weighted by Gasteiger charge is -1.98. The van der Waals surface area contributed by atoms with Crippen molar-refractivity contribution in [3.63, 3.8) is 0 Å². The van der Waals surface area contributed by atoms with Gasteiger partial charge in [-0.2, -0.15) is 5.26 Å². The van der Waals surface area contributed by atoms with Gasteiger partial charge in [-0.15, -0.1) is 0 Å². The summed E-state index contributed by atoms with van der Waals surface area (Å²) in [6, 6.07) is 7.98. The van der Waals surface area contributed by atoms with Gasteiger partial charge in [0.15, 0.2) is 0 Å². The molecule has 0 aliphatic heterocycles. The molecule has 0 saturated heterocycles. The summed E-state index contributed by atoms with van der Waals surface area (Å²) >= 11 is 0. The number of hydrogen-bond donors (Lipinski definition) is 0. The molecule has 1 nitrogen and oxygen atoms in total. The fraction of sp³-hybridized carbons (Fsp3) is 0.200. The number of nitriles is 1. The Labute approximate surface area is 66.3 Å². The third-order valence-corrected chi connectivity index (χ3v) is 1.99. The molecule has 0 unspecified atom stereocenters. The van der Waals surface area contributed by atoms with Gasteiger partial charge in [0.2, 0.25) is 0 Å². The monoisotopic (exact) mass is 141 g/mol. The van der Waals surface area contributed by atoms with E-state index >= 15 is 0 Å². The SMILES string of the molecule is N#Cc1cccc2c1CC[C]2. The van der Waals surface area contributed by atoms with Crippen LogP contribution in [-0.2, 0) is 6.42 Å². The number of rotatable bonds is 0. The highest BCUT2D eigenvalue weighted by atomic mass is 14.3. The molecule has 0 saturated carbocycles. The summed E-state index contributed by atoms with van der Waals surface area (Å²) in [6.45, 7) is 0. The van der Waals surface area contributed by atoms with E-state index in [0.717, 1.165) is 24.0 Å². The molecule has 0 amide bonds. The van der Waals surface area contributed by atoms with E-state index in [4.69, 9.17) is 5.26 Å². The van der Waals surface area contributed by atoms with E-state index in [9.17, 15) is 0 Å². The van der Waals surface area contributed by atoms with Crippen molar-refractivity contribution in [2.24, 2.45) is 0 Å². The van der Waals surface area contributed by atoms with Crippen LogP contribution in [0.25, 0.3) is 0 Å². The lowest BCUT2D eigenvalue weighted by molar-refractivity contribution is 1.03. The molecular formula is C10H7N. The summed E-state index contributed by atoms with van der Waals surface area (Å²) in [5.74, 6) is 0. The van der Waals surface area contributed by atoms with Crippen molar-refractivity contribution in [1.29, 1.82) is 5.26 Å². The van der Waals surface area contributed by atoms with Crippen LogP contribution >= 0.6 is 0 Å². The van der Waals surface area contributed by atoms with Gasteiger partial charge in [0.05, 0.1) is 11.6 Å². The molecule has 0 heterocycles. The van der Waals surface area contributed by atoms with Crippen LogP contribution in [0.4, 0.5) is 0 Å². The van der Waals surface area contributed by atoms with Crippen molar-refractivity contribution in [3.8, 4) is 6.07 Å². The van der Waals surface area contributed by atoms with E-state index in [-0.39, 0.29) is 0 Å². The van der Waals surface area contributed by atoms with Gasteiger partial charge in [0.1, 0.15) is 0 Å². The Morgan fingerprint density at radius 1 is 1.45 bits per heavy atom. The molecule has 52 valence electrons. The zero-order chi connectivity index (χ0) is 7.68. The van der Waals surface area contributed by atoms with Gasteiger partial charge in [-0.3, -0.25) is 0 Å². The zero-order valence-electron chi connectivity index (χ0n) is 6.09. The van der Waals surface area contributed by atoms with Crippen LogP contribution in [0.1, 0.15) is 23.1 Å². The first-order chi connectivity index (χ1) is 5.42. The largest absolute Gasteiger partial charge is 0.192 e. The van der Waals surface area contributed by atoms with Gasteiger partial charge >= 0.3 is 0 Å². The lowest BCUT2D eigenvalue weighted by Crippen LogP contribution is -1.85. The smallest absolute Gasteiger partial charge is 0.0994 e. The predicted molar refractivity (Wildman–Crippen MR) is 41.8 cm³/mol. The molecule has 1 aliphatic rings. The molecule has 1 heteroatoms. The van der Waals surface area contributed by atoms with Crippen molar-refractivity contribution in [1.82, 2.24) is 0 Å². The predicted octanol–water partition coefficient (Wildman–Crippen LogP) is 1.93. The van der Waals surface area contributed by atoms with Crippen molar-refractivity contribution in [3.05, 3.63) is 41.3 Å². The maximum absolute atomic E-state index is 8.72. The summed E-state index contributed by atoms with van der Waals surface area (Å²) in [7, 11) is 0. The van der Waals surface area contributed by atoms with Crippen LogP contribution in [0, 0.1) is 17.8 Å². The first kappa shape index (κ1) is 6.42. The third kappa shape index (κ3) is 0.914. The summed E-state index contributed by atoms with van der Waals surface area (Å²) in [4.78, 5) is 0. The van der Waals surface area contributed by atoms with Crippen LogP contribution in [0.15, 0.2) is 18.2 Å².